The summed E-state index contributed by atoms with van der Waals surface area (Å²) in [6.45, 7) is 2.77. The molecule has 4 heteroatoms. The van der Waals surface area contributed by atoms with Crippen molar-refractivity contribution >= 4 is 35.5 Å². The van der Waals surface area contributed by atoms with Crippen molar-refractivity contribution in [2.24, 2.45) is 5.73 Å². The Balaban J connectivity index is 0.00000784. The first-order valence-corrected chi connectivity index (χ1v) is 11.7. The van der Waals surface area contributed by atoms with Crippen LogP contribution in [0.15, 0.2) is 30.3 Å². The molecule has 0 saturated carbocycles. The van der Waals surface area contributed by atoms with E-state index < -0.39 is 6.04 Å². The maximum absolute atomic E-state index is 11.9. The standard InChI is InChI=1S/C25H43NO2.Na.H/c1-2-3-4-5-6-7-8-9-10-11-12-13-14-18-21-28-25(27)24(26)22-23-19-16-15-17-20-23;;/h15-17,19-20,24H,2-14,18,21-22,26H2,1H3;;/t24-;;/m0../s1. The van der Waals surface area contributed by atoms with Gasteiger partial charge in [0.2, 0.25) is 0 Å². The van der Waals surface area contributed by atoms with Gasteiger partial charge in [0.1, 0.15) is 6.04 Å². The Morgan fingerprint density at radius 1 is 0.793 bits per heavy atom. The van der Waals surface area contributed by atoms with Gasteiger partial charge in [-0.2, -0.15) is 0 Å². The van der Waals surface area contributed by atoms with Crippen LogP contribution in [0.5, 0.6) is 0 Å². The molecule has 0 aliphatic rings. The van der Waals surface area contributed by atoms with E-state index in [4.69, 9.17) is 10.5 Å². The van der Waals surface area contributed by atoms with Crippen molar-refractivity contribution in [2.45, 2.75) is 109 Å². The van der Waals surface area contributed by atoms with Gasteiger partial charge in [-0.05, 0) is 18.4 Å². The topological polar surface area (TPSA) is 52.3 Å². The molecule has 0 radical (unpaired) electrons. The first-order chi connectivity index (χ1) is 13.7. The van der Waals surface area contributed by atoms with Gasteiger partial charge in [-0.15, -0.1) is 0 Å². The fourth-order valence-corrected chi connectivity index (χ4v) is 3.53. The Labute approximate surface area is 201 Å². The van der Waals surface area contributed by atoms with Crippen molar-refractivity contribution < 1.29 is 9.53 Å². The number of nitrogens with two attached hydrogens (primary N) is 1. The third-order valence-electron chi connectivity index (χ3n) is 5.34. The van der Waals surface area contributed by atoms with E-state index in [9.17, 15) is 4.79 Å². The molecule has 1 aromatic rings. The number of benzene rings is 1. The Morgan fingerprint density at radius 2 is 1.24 bits per heavy atom. The normalized spacial score (nSPS) is 11.7. The van der Waals surface area contributed by atoms with Crippen LogP contribution in [-0.4, -0.2) is 48.2 Å². The monoisotopic (exact) mass is 413 g/mol. The van der Waals surface area contributed by atoms with Gasteiger partial charge in [-0.1, -0.05) is 121 Å². The third kappa shape index (κ3) is 17.1. The van der Waals surface area contributed by atoms with Crippen molar-refractivity contribution in [1.29, 1.82) is 0 Å². The molecule has 162 valence electrons. The van der Waals surface area contributed by atoms with Gasteiger partial charge in [-0.3, -0.25) is 4.79 Å². The molecule has 0 fully saturated rings. The van der Waals surface area contributed by atoms with Crippen molar-refractivity contribution in [2.75, 3.05) is 6.61 Å². The SMILES string of the molecule is CCCCCCCCCCCCCCCCOC(=O)[C@@H](N)Cc1ccccc1.[NaH]. The quantitative estimate of drug-likeness (QED) is 0.184. The molecule has 3 nitrogen and oxygen atoms in total. The summed E-state index contributed by atoms with van der Waals surface area (Å²) in [6.07, 6.45) is 19.1. The van der Waals surface area contributed by atoms with Gasteiger partial charge >= 0.3 is 35.5 Å². The summed E-state index contributed by atoms with van der Waals surface area (Å²) in [5, 5.41) is 0. The maximum atomic E-state index is 11.9. The van der Waals surface area contributed by atoms with Crippen LogP contribution in [0.4, 0.5) is 0 Å². The molecule has 0 amide bonds. The number of unbranched alkanes of at least 4 members (excludes halogenated alkanes) is 13. The molecule has 2 N–H and O–H groups in total. The molecule has 0 aliphatic heterocycles. The Bertz CT molecular complexity index is 481. The van der Waals surface area contributed by atoms with Gasteiger partial charge in [0.15, 0.2) is 0 Å². The molecule has 0 saturated heterocycles. The summed E-state index contributed by atoms with van der Waals surface area (Å²) >= 11 is 0. The second-order valence-corrected chi connectivity index (χ2v) is 8.06. The molecule has 29 heavy (non-hydrogen) atoms. The van der Waals surface area contributed by atoms with Crippen molar-refractivity contribution in [3.63, 3.8) is 0 Å². The molecule has 1 aromatic carbocycles. The fourth-order valence-electron chi connectivity index (χ4n) is 3.53. The zero-order chi connectivity index (χ0) is 20.3. The first-order valence-electron chi connectivity index (χ1n) is 11.7. The number of carbonyl (C=O) groups is 1. The van der Waals surface area contributed by atoms with E-state index >= 15 is 0 Å². The average Bonchev–Trinajstić information content (AvgIpc) is 2.71. The zero-order valence-electron chi connectivity index (χ0n) is 18.2. The average molecular weight is 414 g/mol. The van der Waals surface area contributed by atoms with Crippen molar-refractivity contribution in [3.05, 3.63) is 35.9 Å². The summed E-state index contributed by atoms with van der Waals surface area (Å²) in [7, 11) is 0. The minimum absolute atomic E-state index is 0. The van der Waals surface area contributed by atoms with Gasteiger partial charge in [0.25, 0.3) is 0 Å². The third-order valence-corrected chi connectivity index (χ3v) is 5.34. The summed E-state index contributed by atoms with van der Waals surface area (Å²) in [5.74, 6) is -0.279. The van der Waals surface area contributed by atoms with Crippen LogP contribution in [0, 0.1) is 0 Å². The van der Waals surface area contributed by atoms with Crippen LogP contribution in [0.3, 0.4) is 0 Å². The second-order valence-electron chi connectivity index (χ2n) is 8.06. The zero-order valence-corrected chi connectivity index (χ0v) is 18.2. The minimum atomic E-state index is -0.561. The first kappa shape index (κ1) is 28.6. The molecule has 0 aliphatic carbocycles. The predicted octanol–water partition coefficient (Wildman–Crippen LogP) is 5.93. The molecule has 0 aromatic heterocycles. The Morgan fingerprint density at radius 3 is 1.72 bits per heavy atom. The summed E-state index contributed by atoms with van der Waals surface area (Å²) in [6, 6.07) is 9.29. The summed E-state index contributed by atoms with van der Waals surface area (Å²) in [5.41, 5.74) is 7.01. The number of hydrogen-bond donors (Lipinski definition) is 1. The number of ether oxygens (including phenoxy) is 1. The van der Waals surface area contributed by atoms with E-state index in [2.05, 4.69) is 6.92 Å². The molecular weight excluding hydrogens is 369 g/mol. The Hall–Kier alpha value is -0.350. The van der Waals surface area contributed by atoms with Crippen LogP contribution >= 0.6 is 0 Å². The molecular formula is C25H44NNaO2. The molecule has 0 bridgehead atoms. The van der Waals surface area contributed by atoms with E-state index in [-0.39, 0.29) is 35.5 Å². The predicted molar refractivity (Wildman–Crippen MR) is 127 cm³/mol. The fraction of sp³-hybridized carbons (Fsp3) is 0.720. The van der Waals surface area contributed by atoms with E-state index in [1.54, 1.807) is 0 Å². The number of rotatable bonds is 18. The summed E-state index contributed by atoms with van der Waals surface area (Å²) < 4.78 is 5.32. The van der Waals surface area contributed by atoms with Gasteiger partial charge in [0, 0.05) is 0 Å². The van der Waals surface area contributed by atoms with E-state index in [1.165, 1.54) is 77.0 Å². The van der Waals surface area contributed by atoms with Gasteiger partial charge in [0.05, 0.1) is 6.61 Å². The van der Waals surface area contributed by atoms with Crippen LogP contribution in [-0.2, 0) is 16.0 Å². The second kappa shape index (κ2) is 20.9. The van der Waals surface area contributed by atoms with Crippen LogP contribution in [0.25, 0.3) is 0 Å². The summed E-state index contributed by atoms with van der Waals surface area (Å²) in [4.78, 5) is 11.9. The Kier molecular flexibility index (Phi) is 20.7. The van der Waals surface area contributed by atoms with Crippen molar-refractivity contribution in [1.82, 2.24) is 0 Å². The molecule has 0 heterocycles. The molecule has 0 unspecified atom stereocenters. The molecule has 1 rings (SSSR count). The van der Waals surface area contributed by atoms with Crippen molar-refractivity contribution in [3.8, 4) is 0 Å². The molecule has 0 spiro atoms. The van der Waals surface area contributed by atoms with Crippen LogP contribution in [0.1, 0.15) is 102 Å². The van der Waals surface area contributed by atoms with Gasteiger partial charge in [-0.25, -0.2) is 0 Å². The molecule has 1 atom stereocenters. The van der Waals surface area contributed by atoms with E-state index in [0.717, 1.165) is 18.4 Å². The number of esters is 1. The van der Waals surface area contributed by atoms with E-state index in [1.807, 2.05) is 30.3 Å². The van der Waals surface area contributed by atoms with Crippen LogP contribution < -0.4 is 5.73 Å². The van der Waals surface area contributed by atoms with Crippen LogP contribution in [0.2, 0.25) is 0 Å². The number of hydrogen-bond acceptors (Lipinski definition) is 3. The van der Waals surface area contributed by atoms with E-state index in [0.29, 0.717) is 13.0 Å². The van der Waals surface area contributed by atoms with Gasteiger partial charge < -0.3 is 10.5 Å². The number of carbonyl (C=O) groups excluding carboxylic acids is 1.